The van der Waals surface area contributed by atoms with Gasteiger partial charge in [0.1, 0.15) is 12.0 Å². The van der Waals surface area contributed by atoms with E-state index in [9.17, 15) is 27.9 Å². The molecule has 1 unspecified atom stereocenters. The number of carbonyl (C=O) groups excluding carboxylic acids is 1. The number of halogens is 3. The Bertz CT molecular complexity index is 1280. The maximum Gasteiger partial charge on any atom is 0.446 e. The van der Waals surface area contributed by atoms with Gasteiger partial charge in [-0.3, -0.25) is 9.36 Å². The number of hydrogen-bond acceptors (Lipinski definition) is 7. The first kappa shape index (κ1) is 25.6. The van der Waals surface area contributed by atoms with Gasteiger partial charge in [-0.1, -0.05) is 0 Å². The Labute approximate surface area is 209 Å². The number of piperazine rings is 1. The van der Waals surface area contributed by atoms with Crippen molar-refractivity contribution in [2.45, 2.75) is 23.5 Å². The lowest BCUT2D eigenvalue weighted by molar-refractivity contribution is -0.119. The van der Waals surface area contributed by atoms with Crippen LogP contribution < -0.4 is 15.9 Å². The fraction of sp³-hybridized carbons (Fsp3) is 0.348. The monoisotopic (exact) mass is 522 g/mol. The van der Waals surface area contributed by atoms with Gasteiger partial charge in [-0.2, -0.15) is 13.2 Å². The zero-order valence-electron chi connectivity index (χ0n) is 19.6. The molecule has 1 aromatic carbocycles. The van der Waals surface area contributed by atoms with Crippen molar-refractivity contribution in [3.05, 3.63) is 64.8 Å². The summed E-state index contributed by atoms with van der Waals surface area (Å²) in [6.45, 7) is 4.61. The number of hydrogen-bond donors (Lipinski definition) is 2. The van der Waals surface area contributed by atoms with Crippen molar-refractivity contribution < 1.29 is 23.1 Å². The lowest BCUT2D eigenvalue weighted by Crippen LogP contribution is -2.45. The molecular formula is C23H25F3N6O3S. The average molecular weight is 523 g/mol. The van der Waals surface area contributed by atoms with Crippen LogP contribution in [0.1, 0.15) is 18.7 Å². The van der Waals surface area contributed by atoms with Gasteiger partial charge in [0.05, 0.1) is 11.9 Å². The number of nitrogens with zero attached hydrogens (tertiary/aromatic N) is 5. The van der Waals surface area contributed by atoms with Crippen LogP contribution in [0.2, 0.25) is 0 Å². The van der Waals surface area contributed by atoms with Gasteiger partial charge in [-0.25, -0.2) is 14.3 Å². The number of thioether (sulfide) groups is 1. The molecule has 0 bridgehead atoms. The summed E-state index contributed by atoms with van der Waals surface area (Å²) in [4.78, 5) is 34.1. The molecule has 3 heterocycles. The normalized spacial score (nSPS) is 15.6. The average Bonchev–Trinajstić information content (AvgIpc) is 3.11. The minimum atomic E-state index is -4.44. The third kappa shape index (κ3) is 5.85. The highest BCUT2D eigenvalue weighted by Gasteiger charge is 2.29. The molecule has 1 aliphatic heterocycles. The van der Waals surface area contributed by atoms with Crippen molar-refractivity contribution in [3.63, 3.8) is 0 Å². The van der Waals surface area contributed by atoms with Gasteiger partial charge in [-0.15, -0.1) is 0 Å². The number of rotatable bonds is 6. The molecule has 1 atom stereocenters. The summed E-state index contributed by atoms with van der Waals surface area (Å²) in [5, 5.41) is 13.3. The van der Waals surface area contributed by atoms with E-state index in [0.29, 0.717) is 11.4 Å². The molecule has 0 aliphatic carbocycles. The lowest BCUT2D eigenvalue weighted by atomic mass is 10.2. The number of carbonyl (C=O) groups is 1. The molecule has 192 valence electrons. The minimum Gasteiger partial charge on any atom is -0.493 e. The molecule has 0 spiro atoms. The summed E-state index contributed by atoms with van der Waals surface area (Å²) >= 11 is -0.275. The Balaban J connectivity index is 1.68. The summed E-state index contributed by atoms with van der Waals surface area (Å²) in [7, 11) is 2.04. The van der Waals surface area contributed by atoms with Crippen LogP contribution in [0, 0.1) is 0 Å². The molecule has 36 heavy (non-hydrogen) atoms. The topological polar surface area (TPSA) is 95.6 Å². The molecule has 0 saturated carbocycles. The highest BCUT2D eigenvalue weighted by Crippen LogP contribution is 2.37. The zero-order valence-corrected chi connectivity index (χ0v) is 20.4. The predicted octanol–water partition coefficient (Wildman–Crippen LogP) is 2.79. The number of imidazole rings is 1. The molecule has 9 nitrogen and oxygen atoms in total. The molecule has 3 aromatic rings. The Morgan fingerprint density at radius 1 is 1.14 bits per heavy atom. The highest BCUT2D eigenvalue weighted by atomic mass is 32.2. The van der Waals surface area contributed by atoms with Gasteiger partial charge in [0, 0.05) is 49.8 Å². The van der Waals surface area contributed by atoms with Gasteiger partial charge in [0.25, 0.3) is 0 Å². The number of pyridine rings is 1. The number of benzene rings is 1. The minimum absolute atomic E-state index is 0.0532. The third-order valence-corrected chi connectivity index (χ3v) is 6.49. The number of aromatic hydroxyl groups is 1. The van der Waals surface area contributed by atoms with E-state index in [-0.39, 0.29) is 22.3 Å². The second kappa shape index (κ2) is 10.3. The number of likely N-dealkylation sites (N-methyl/N-ethyl adjacent to an activating group) is 1. The SMILES string of the molecule is CC(=O)NC(c1ccnc(N2CCN(C)CC2)c1)n1cc(O)n(-c2ccc(SC(F)(F)F)cc2)c1=O. The number of aromatic nitrogens is 3. The van der Waals surface area contributed by atoms with Gasteiger partial charge in [0.2, 0.25) is 11.8 Å². The molecule has 2 N–H and O–H groups in total. The van der Waals surface area contributed by atoms with Crippen LogP contribution in [0.4, 0.5) is 19.0 Å². The number of anilines is 1. The quantitative estimate of drug-likeness (QED) is 0.481. The molecule has 1 fully saturated rings. The van der Waals surface area contributed by atoms with Crippen LogP contribution >= 0.6 is 11.8 Å². The summed E-state index contributed by atoms with van der Waals surface area (Å²) in [6, 6.07) is 8.51. The van der Waals surface area contributed by atoms with Crippen molar-refractivity contribution in [1.29, 1.82) is 0 Å². The van der Waals surface area contributed by atoms with Crippen LogP contribution in [-0.4, -0.2) is 68.8 Å². The summed E-state index contributed by atoms with van der Waals surface area (Å²) in [5.41, 5.74) is -4.37. The number of amides is 1. The Morgan fingerprint density at radius 2 is 1.81 bits per heavy atom. The first-order chi connectivity index (χ1) is 17.0. The van der Waals surface area contributed by atoms with E-state index in [1.54, 1.807) is 18.3 Å². The van der Waals surface area contributed by atoms with Crippen LogP contribution in [-0.2, 0) is 4.79 Å². The molecule has 1 saturated heterocycles. The van der Waals surface area contributed by atoms with E-state index in [1.165, 1.54) is 37.4 Å². The van der Waals surface area contributed by atoms with E-state index in [4.69, 9.17) is 0 Å². The van der Waals surface area contributed by atoms with Crippen molar-refractivity contribution in [2.24, 2.45) is 0 Å². The lowest BCUT2D eigenvalue weighted by Gasteiger charge is -2.33. The van der Waals surface area contributed by atoms with Crippen LogP contribution in [0.5, 0.6) is 5.88 Å². The summed E-state index contributed by atoms with van der Waals surface area (Å²) in [6.07, 6.45) is 1.82. The van der Waals surface area contributed by atoms with E-state index in [0.717, 1.165) is 35.3 Å². The summed E-state index contributed by atoms with van der Waals surface area (Å²) < 4.78 is 40.0. The smallest absolute Gasteiger partial charge is 0.446 e. The van der Waals surface area contributed by atoms with Crippen molar-refractivity contribution in [3.8, 4) is 11.6 Å². The maximum absolute atomic E-state index is 13.3. The van der Waals surface area contributed by atoms with E-state index >= 15 is 0 Å². The highest BCUT2D eigenvalue weighted by molar-refractivity contribution is 8.00. The maximum atomic E-state index is 13.3. The zero-order chi connectivity index (χ0) is 26.0. The third-order valence-electron chi connectivity index (χ3n) is 5.76. The van der Waals surface area contributed by atoms with Crippen LogP contribution in [0.25, 0.3) is 5.69 Å². The molecule has 4 rings (SSSR count). The molecular weight excluding hydrogens is 497 g/mol. The Hall–Kier alpha value is -3.45. The molecule has 13 heteroatoms. The molecule has 1 aliphatic rings. The Kier molecular flexibility index (Phi) is 7.31. The first-order valence-corrected chi connectivity index (χ1v) is 11.9. The van der Waals surface area contributed by atoms with Crippen molar-refractivity contribution >= 4 is 23.5 Å². The van der Waals surface area contributed by atoms with Gasteiger partial charge >= 0.3 is 11.2 Å². The van der Waals surface area contributed by atoms with E-state index in [2.05, 4.69) is 20.1 Å². The molecule has 0 radical (unpaired) electrons. The summed E-state index contributed by atoms with van der Waals surface area (Å²) in [5.74, 6) is -0.129. The standard InChI is InChI=1S/C23H25F3N6O3S/c1-15(33)28-21(16-7-8-27-19(13-16)30-11-9-29(2)10-12-30)31-14-20(34)32(22(31)35)17-3-5-18(6-4-17)36-23(24,25)26/h3-8,13-14,21,34H,9-12H2,1-2H3,(H,28,33). The van der Waals surface area contributed by atoms with Crippen LogP contribution in [0.3, 0.4) is 0 Å². The first-order valence-electron chi connectivity index (χ1n) is 11.1. The van der Waals surface area contributed by atoms with E-state index in [1.807, 2.05) is 7.05 Å². The predicted molar refractivity (Wildman–Crippen MR) is 130 cm³/mol. The number of nitrogens with one attached hydrogen (secondary N) is 1. The largest absolute Gasteiger partial charge is 0.493 e. The van der Waals surface area contributed by atoms with Gasteiger partial charge in [-0.05, 0) is 55.2 Å². The van der Waals surface area contributed by atoms with Gasteiger partial charge in [0.15, 0.2) is 0 Å². The number of alkyl halides is 3. The van der Waals surface area contributed by atoms with Gasteiger partial charge < -0.3 is 20.2 Å². The second-order valence-electron chi connectivity index (χ2n) is 8.40. The Morgan fingerprint density at radius 3 is 2.42 bits per heavy atom. The van der Waals surface area contributed by atoms with Crippen molar-refractivity contribution in [2.75, 3.05) is 38.1 Å². The second-order valence-corrected chi connectivity index (χ2v) is 9.53. The molecule has 1 amide bonds. The van der Waals surface area contributed by atoms with Crippen LogP contribution in [0.15, 0.2) is 58.5 Å². The van der Waals surface area contributed by atoms with E-state index < -0.39 is 29.2 Å². The molecule has 2 aromatic heterocycles. The van der Waals surface area contributed by atoms with Crippen molar-refractivity contribution in [1.82, 2.24) is 24.3 Å². The fourth-order valence-electron chi connectivity index (χ4n) is 3.99. The fourth-order valence-corrected chi connectivity index (χ4v) is 4.53.